The maximum atomic E-state index is 12.6. The van der Waals surface area contributed by atoms with Crippen molar-refractivity contribution in [3.63, 3.8) is 0 Å². The molecule has 1 aliphatic heterocycles. The molecule has 0 spiro atoms. The molecule has 2 aromatic heterocycles. The van der Waals surface area contributed by atoms with Gasteiger partial charge in [-0.1, -0.05) is 18.7 Å². The van der Waals surface area contributed by atoms with Gasteiger partial charge in [0.1, 0.15) is 11.8 Å². The molecule has 1 unspecified atom stereocenters. The van der Waals surface area contributed by atoms with E-state index >= 15 is 0 Å². The molecule has 2 amide bonds. The summed E-state index contributed by atoms with van der Waals surface area (Å²) in [5.41, 5.74) is 2.69. The van der Waals surface area contributed by atoms with Crippen LogP contribution in [0.5, 0.6) is 5.75 Å². The Kier molecular flexibility index (Phi) is 4.99. The molecule has 3 aromatic rings. The maximum absolute atomic E-state index is 12.6. The van der Waals surface area contributed by atoms with Gasteiger partial charge in [-0.2, -0.15) is 0 Å². The van der Waals surface area contributed by atoms with Crippen LogP contribution in [0.2, 0.25) is 0 Å². The van der Waals surface area contributed by atoms with E-state index in [0.717, 1.165) is 11.1 Å². The Morgan fingerprint density at radius 3 is 2.73 bits per heavy atom. The number of hydrogen-bond acceptors (Lipinski definition) is 5. The molecule has 1 aromatic carbocycles. The Bertz CT molecular complexity index is 1140. The first-order chi connectivity index (χ1) is 14.4. The summed E-state index contributed by atoms with van der Waals surface area (Å²) >= 11 is 0. The summed E-state index contributed by atoms with van der Waals surface area (Å²) in [4.78, 5) is 31.3. The summed E-state index contributed by atoms with van der Waals surface area (Å²) in [6.07, 6.45) is 1.76. The number of carbonyl (C=O) groups is 2. The Morgan fingerprint density at radius 1 is 1.27 bits per heavy atom. The lowest BCUT2D eigenvalue weighted by atomic mass is 10.0. The third kappa shape index (κ3) is 3.41. The maximum Gasteiger partial charge on any atom is 0.246 e. The zero-order chi connectivity index (χ0) is 21.4. The topological polar surface area (TPSA) is 102 Å². The largest absolute Gasteiger partial charge is 0.507 e. The van der Waals surface area contributed by atoms with E-state index in [1.807, 2.05) is 18.2 Å². The minimum absolute atomic E-state index is 0.0365. The predicted octanol–water partition coefficient (Wildman–Crippen LogP) is 2.29. The van der Waals surface area contributed by atoms with Crippen LogP contribution in [0.15, 0.2) is 49.1 Å². The van der Waals surface area contributed by atoms with Crippen LogP contribution < -0.4 is 0 Å². The average Bonchev–Trinajstić information content (AvgIpc) is 3.36. The van der Waals surface area contributed by atoms with E-state index in [2.05, 4.69) is 21.8 Å². The number of aromatic amines is 1. The van der Waals surface area contributed by atoms with Crippen LogP contribution in [0.25, 0.3) is 22.3 Å². The summed E-state index contributed by atoms with van der Waals surface area (Å²) in [6, 6.07) is 10.3. The highest BCUT2D eigenvalue weighted by atomic mass is 16.3. The molecule has 0 radical (unpaired) electrons. The number of phenolic OH excluding ortho intramolecular Hbond substituents is 1. The molecule has 1 fully saturated rings. The number of fused-ring (bicyclic) bond motifs is 1. The molecule has 2 atom stereocenters. The fourth-order valence-electron chi connectivity index (χ4n) is 3.95. The number of likely N-dealkylation sites (N-methyl/N-ethyl adjacent to an activating group) is 1. The van der Waals surface area contributed by atoms with Crippen LogP contribution >= 0.6 is 0 Å². The molecule has 2 N–H and O–H groups in total. The van der Waals surface area contributed by atoms with Crippen molar-refractivity contribution in [3.8, 4) is 17.0 Å². The third-order valence-corrected chi connectivity index (χ3v) is 5.50. The summed E-state index contributed by atoms with van der Waals surface area (Å²) in [6.45, 7) is 3.98. The lowest BCUT2D eigenvalue weighted by Gasteiger charge is -2.24. The number of nitrogens with zero attached hydrogens (tertiary/aromatic N) is 4. The van der Waals surface area contributed by atoms with Crippen LogP contribution in [-0.4, -0.2) is 68.6 Å². The van der Waals surface area contributed by atoms with Crippen molar-refractivity contribution in [1.29, 1.82) is 0 Å². The van der Waals surface area contributed by atoms with Gasteiger partial charge in [0.05, 0.1) is 5.69 Å². The Hall–Kier alpha value is -3.68. The first-order valence-corrected chi connectivity index (χ1v) is 9.68. The van der Waals surface area contributed by atoms with E-state index in [-0.39, 0.29) is 23.5 Å². The predicted molar refractivity (Wildman–Crippen MR) is 113 cm³/mol. The summed E-state index contributed by atoms with van der Waals surface area (Å²) < 4.78 is 0. The van der Waals surface area contributed by atoms with Crippen molar-refractivity contribution in [2.75, 3.05) is 20.6 Å². The standard InChI is InChI=1S/C22H23N5O3/c1-4-20(29)27-12-14(11-18(27)22(30)26(2)3)16-9-13-10-17(24-25-21(13)23-16)15-7-5-6-8-19(15)28/h4-10,14,18,28H,1,11-12H2,2-3H3,(H,23,25)/t14?,18-/m1/s1. The van der Waals surface area contributed by atoms with Gasteiger partial charge >= 0.3 is 0 Å². The van der Waals surface area contributed by atoms with E-state index in [0.29, 0.717) is 29.9 Å². The average molecular weight is 405 g/mol. The molecule has 3 heterocycles. The molecule has 0 aliphatic carbocycles. The Morgan fingerprint density at radius 2 is 2.03 bits per heavy atom. The molecule has 154 valence electrons. The van der Waals surface area contributed by atoms with Crippen molar-refractivity contribution in [2.24, 2.45) is 0 Å². The number of aromatic hydroxyl groups is 1. The van der Waals surface area contributed by atoms with Gasteiger partial charge < -0.3 is 19.9 Å². The van der Waals surface area contributed by atoms with Crippen LogP contribution in [0.3, 0.4) is 0 Å². The van der Waals surface area contributed by atoms with Crippen molar-refractivity contribution in [3.05, 3.63) is 54.7 Å². The molecule has 30 heavy (non-hydrogen) atoms. The number of benzene rings is 1. The van der Waals surface area contributed by atoms with Gasteiger partial charge in [-0.3, -0.25) is 9.59 Å². The molecule has 0 saturated carbocycles. The minimum Gasteiger partial charge on any atom is -0.507 e. The second kappa shape index (κ2) is 7.62. The highest BCUT2D eigenvalue weighted by molar-refractivity contribution is 5.93. The molecule has 8 nitrogen and oxygen atoms in total. The lowest BCUT2D eigenvalue weighted by Crippen LogP contribution is -2.44. The molecule has 1 saturated heterocycles. The number of likely N-dealkylation sites (tertiary alicyclic amines) is 1. The minimum atomic E-state index is -0.523. The third-order valence-electron chi connectivity index (χ3n) is 5.50. The van der Waals surface area contributed by atoms with Gasteiger partial charge in [-0.05, 0) is 36.8 Å². The number of H-pyrrole nitrogens is 1. The van der Waals surface area contributed by atoms with Crippen molar-refractivity contribution < 1.29 is 14.7 Å². The smallest absolute Gasteiger partial charge is 0.246 e. The number of carbonyl (C=O) groups excluding carboxylic acids is 2. The zero-order valence-electron chi connectivity index (χ0n) is 16.9. The second-order valence-electron chi connectivity index (χ2n) is 7.65. The summed E-state index contributed by atoms with van der Waals surface area (Å²) in [5.74, 6) is -0.257. The van der Waals surface area contributed by atoms with Crippen molar-refractivity contribution in [2.45, 2.75) is 18.4 Å². The van der Waals surface area contributed by atoms with E-state index in [1.165, 1.54) is 11.0 Å². The van der Waals surface area contributed by atoms with Gasteiger partial charge in [-0.25, -0.2) is 0 Å². The second-order valence-corrected chi connectivity index (χ2v) is 7.65. The van der Waals surface area contributed by atoms with Crippen molar-refractivity contribution >= 4 is 22.8 Å². The van der Waals surface area contributed by atoms with Gasteiger partial charge in [0.15, 0.2) is 5.65 Å². The number of rotatable bonds is 4. The molecule has 1 aliphatic rings. The molecule has 0 bridgehead atoms. The van der Waals surface area contributed by atoms with Crippen LogP contribution in [0, 0.1) is 0 Å². The van der Waals surface area contributed by atoms with E-state index < -0.39 is 6.04 Å². The van der Waals surface area contributed by atoms with Crippen LogP contribution in [0.4, 0.5) is 0 Å². The fraction of sp³-hybridized carbons (Fsp3) is 0.273. The monoisotopic (exact) mass is 405 g/mol. The number of nitrogens with one attached hydrogen (secondary N) is 1. The molecule has 4 rings (SSSR count). The SMILES string of the molecule is C=CC(=O)N1CC(c2cc3cc(-c4ccccc4O)nnc3[nH]2)C[C@@H]1C(=O)N(C)C. The van der Waals surface area contributed by atoms with Crippen molar-refractivity contribution in [1.82, 2.24) is 25.0 Å². The normalized spacial score (nSPS) is 18.5. The van der Waals surface area contributed by atoms with Gasteiger partial charge in [0.2, 0.25) is 11.8 Å². The van der Waals surface area contributed by atoms with Crippen LogP contribution in [-0.2, 0) is 9.59 Å². The first-order valence-electron chi connectivity index (χ1n) is 9.68. The van der Waals surface area contributed by atoms with Gasteiger partial charge in [0, 0.05) is 43.2 Å². The summed E-state index contributed by atoms with van der Waals surface area (Å²) in [7, 11) is 3.37. The number of aromatic nitrogens is 3. The Labute approximate surface area is 173 Å². The Balaban J connectivity index is 1.66. The number of para-hydroxylation sites is 1. The number of amides is 2. The van der Waals surface area contributed by atoms with Gasteiger partial charge in [0.25, 0.3) is 0 Å². The fourth-order valence-corrected chi connectivity index (χ4v) is 3.95. The van der Waals surface area contributed by atoms with E-state index in [9.17, 15) is 14.7 Å². The highest BCUT2D eigenvalue weighted by Gasteiger charge is 2.40. The lowest BCUT2D eigenvalue weighted by molar-refractivity contribution is -0.139. The molecular weight excluding hydrogens is 382 g/mol. The first kappa shape index (κ1) is 19.6. The van der Waals surface area contributed by atoms with E-state index in [4.69, 9.17) is 0 Å². The quantitative estimate of drug-likeness (QED) is 0.649. The van der Waals surface area contributed by atoms with E-state index in [1.54, 1.807) is 37.2 Å². The number of hydrogen-bond donors (Lipinski definition) is 2. The number of phenols is 1. The zero-order valence-corrected chi connectivity index (χ0v) is 16.9. The van der Waals surface area contributed by atoms with Gasteiger partial charge in [-0.15, -0.1) is 10.2 Å². The highest BCUT2D eigenvalue weighted by Crippen LogP contribution is 2.34. The summed E-state index contributed by atoms with van der Waals surface area (Å²) in [5, 5.41) is 19.4. The molecule has 8 heteroatoms. The molecular formula is C22H23N5O3. The van der Waals surface area contributed by atoms with Crippen LogP contribution in [0.1, 0.15) is 18.0 Å².